The molecule has 0 aliphatic carbocycles. The first-order valence-electron chi connectivity index (χ1n) is 7.29. The van der Waals surface area contributed by atoms with Crippen LogP contribution in [0.4, 0.5) is 0 Å². The average molecular weight is 345 g/mol. The molecule has 0 aliphatic heterocycles. The number of para-hydroxylation sites is 1. The molecule has 1 amide bonds. The van der Waals surface area contributed by atoms with Gasteiger partial charge in [0.2, 0.25) is 5.91 Å². The number of carboxylic acids is 1. The first-order valence-corrected chi connectivity index (χ1v) is 8.10. The van der Waals surface area contributed by atoms with Gasteiger partial charge in [-0.2, -0.15) is 0 Å². The van der Waals surface area contributed by atoms with Crippen LogP contribution >= 0.6 is 11.3 Å². The van der Waals surface area contributed by atoms with Crippen LogP contribution in [-0.4, -0.2) is 27.1 Å². The second-order valence-corrected chi connectivity index (χ2v) is 6.39. The summed E-state index contributed by atoms with van der Waals surface area (Å²) in [7, 11) is 0. The van der Waals surface area contributed by atoms with Crippen LogP contribution in [0.15, 0.2) is 28.8 Å². The molecule has 3 aromatic rings. The Balaban J connectivity index is 1.70. The van der Waals surface area contributed by atoms with Crippen molar-refractivity contribution >= 4 is 34.2 Å². The van der Waals surface area contributed by atoms with E-state index >= 15 is 0 Å². The highest BCUT2D eigenvalue weighted by atomic mass is 32.1. The van der Waals surface area contributed by atoms with Gasteiger partial charge in [-0.1, -0.05) is 17.3 Å². The lowest BCUT2D eigenvalue weighted by atomic mass is 10.1. The predicted octanol–water partition coefficient (Wildman–Crippen LogP) is 2.71. The fourth-order valence-corrected chi connectivity index (χ4v) is 3.28. The molecule has 0 radical (unpaired) electrons. The predicted molar refractivity (Wildman–Crippen MR) is 88.1 cm³/mol. The molecule has 7 nitrogen and oxygen atoms in total. The van der Waals surface area contributed by atoms with Gasteiger partial charge < -0.3 is 14.9 Å². The maximum absolute atomic E-state index is 12.2. The fourth-order valence-electron chi connectivity index (χ4n) is 2.37. The molecule has 0 saturated carbocycles. The number of nitrogens with one attached hydrogen (secondary N) is 1. The number of thiazole rings is 1. The summed E-state index contributed by atoms with van der Waals surface area (Å²) in [6.07, 6.45) is 0.0809. The van der Waals surface area contributed by atoms with E-state index in [1.54, 1.807) is 19.9 Å². The summed E-state index contributed by atoms with van der Waals surface area (Å²) in [5.41, 5.74) is 1.65. The van der Waals surface area contributed by atoms with Crippen LogP contribution in [0.25, 0.3) is 11.0 Å². The van der Waals surface area contributed by atoms with Gasteiger partial charge in [-0.3, -0.25) is 4.79 Å². The molecule has 2 aromatic heterocycles. The number of carbonyl (C=O) groups excluding carboxylic acids is 1. The van der Waals surface area contributed by atoms with Gasteiger partial charge in [-0.05, 0) is 26.0 Å². The number of benzene rings is 1. The van der Waals surface area contributed by atoms with E-state index in [2.05, 4.69) is 15.5 Å². The van der Waals surface area contributed by atoms with Crippen molar-refractivity contribution in [1.29, 1.82) is 0 Å². The number of aryl methyl sites for hydroxylation is 1. The molecule has 1 unspecified atom stereocenters. The van der Waals surface area contributed by atoms with E-state index in [0.29, 0.717) is 22.0 Å². The van der Waals surface area contributed by atoms with Crippen molar-refractivity contribution in [2.45, 2.75) is 26.3 Å². The third-order valence-corrected chi connectivity index (χ3v) is 4.86. The van der Waals surface area contributed by atoms with Crippen LogP contribution in [-0.2, 0) is 11.2 Å². The van der Waals surface area contributed by atoms with E-state index in [-0.39, 0.29) is 23.2 Å². The Kier molecular flexibility index (Phi) is 4.30. The Morgan fingerprint density at radius 3 is 2.83 bits per heavy atom. The number of fused-ring (bicyclic) bond motifs is 1. The Morgan fingerprint density at radius 1 is 1.38 bits per heavy atom. The van der Waals surface area contributed by atoms with Gasteiger partial charge in [0.15, 0.2) is 5.58 Å². The molecule has 2 heterocycles. The lowest BCUT2D eigenvalue weighted by Crippen LogP contribution is -2.28. The number of hydrogen-bond acceptors (Lipinski definition) is 6. The third kappa shape index (κ3) is 3.13. The van der Waals surface area contributed by atoms with Gasteiger partial charge in [0.25, 0.3) is 0 Å². The van der Waals surface area contributed by atoms with Gasteiger partial charge in [0.05, 0.1) is 18.2 Å². The number of rotatable bonds is 5. The van der Waals surface area contributed by atoms with E-state index in [1.807, 2.05) is 18.2 Å². The fraction of sp³-hybridized carbons (Fsp3) is 0.250. The second kappa shape index (κ2) is 6.40. The minimum Gasteiger partial charge on any atom is -0.477 e. The molecule has 0 aliphatic rings. The minimum atomic E-state index is -1.01. The molecule has 0 saturated heterocycles. The number of aromatic carboxylic acids is 1. The van der Waals surface area contributed by atoms with E-state index in [1.165, 1.54) is 0 Å². The maximum atomic E-state index is 12.2. The molecule has 1 aromatic carbocycles. The van der Waals surface area contributed by atoms with Gasteiger partial charge in [-0.15, -0.1) is 11.3 Å². The summed E-state index contributed by atoms with van der Waals surface area (Å²) >= 11 is 1.07. The highest BCUT2D eigenvalue weighted by Crippen LogP contribution is 2.24. The van der Waals surface area contributed by atoms with Crippen molar-refractivity contribution in [2.75, 3.05) is 0 Å². The average Bonchev–Trinajstić information content (AvgIpc) is 3.11. The number of carbonyl (C=O) groups is 2. The lowest BCUT2D eigenvalue weighted by molar-refractivity contribution is -0.121. The molecule has 2 N–H and O–H groups in total. The zero-order valence-corrected chi connectivity index (χ0v) is 13.9. The van der Waals surface area contributed by atoms with Crippen molar-refractivity contribution in [3.8, 4) is 0 Å². The normalized spacial score (nSPS) is 12.2. The molecule has 0 spiro atoms. The highest BCUT2D eigenvalue weighted by Gasteiger charge is 2.20. The van der Waals surface area contributed by atoms with Crippen LogP contribution in [0.5, 0.6) is 0 Å². The Bertz CT molecular complexity index is 915. The summed E-state index contributed by atoms with van der Waals surface area (Å²) in [4.78, 5) is 27.7. The number of nitrogens with zero attached hydrogens (tertiary/aromatic N) is 2. The monoisotopic (exact) mass is 345 g/mol. The van der Waals surface area contributed by atoms with Crippen molar-refractivity contribution < 1.29 is 19.2 Å². The third-order valence-electron chi connectivity index (χ3n) is 3.54. The molecule has 0 fully saturated rings. The molecular formula is C16H15N3O4S. The first kappa shape index (κ1) is 16.1. The van der Waals surface area contributed by atoms with Gasteiger partial charge >= 0.3 is 5.97 Å². The van der Waals surface area contributed by atoms with Crippen molar-refractivity contribution in [1.82, 2.24) is 15.5 Å². The van der Waals surface area contributed by atoms with Crippen LogP contribution in [0.1, 0.15) is 39.0 Å². The van der Waals surface area contributed by atoms with Crippen LogP contribution in [0.2, 0.25) is 0 Å². The topological polar surface area (TPSA) is 105 Å². The zero-order chi connectivity index (χ0) is 17.3. The molecule has 0 bridgehead atoms. The zero-order valence-electron chi connectivity index (χ0n) is 13.1. The van der Waals surface area contributed by atoms with E-state index in [4.69, 9.17) is 9.63 Å². The molecule has 24 heavy (non-hydrogen) atoms. The number of amides is 1. The van der Waals surface area contributed by atoms with Gasteiger partial charge in [0.1, 0.15) is 15.6 Å². The van der Waals surface area contributed by atoms with Gasteiger partial charge in [-0.25, -0.2) is 9.78 Å². The summed E-state index contributed by atoms with van der Waals surface area (Å²) in [6, 6.07) is 6.95. The maximum Gasteiger partial charge on any atom is 0.347 e. The SMILES string of the molecule is Cc1nc(C(C)NC(=O)Cc2noc3ccccc23)sc1C(=O)O. The summed E-state index contributed by atoms with van der Waals surface area (Å²) in [6.45, 7) is 3.40. The minimum absolute atomic E-state index is 0.0809. The molecule has 8 heteroatoms. The van der Waals surface area contributed by atoms with E-state index in [9.17, 15) is 9.59 Å². The number of aromatic nitrogens is 2. The van der Waals surface area contributed by atoms with Crippen LogP contribution in [0.3, 0.4) is 0 Å². The highest BCUT2D eigenvalue weighted by molar-refractivity contribution is 7.13. The molecular weight excluding hydrogens is 330 g/mol. The molecule has 1 atom stereocenters. The molecule has 3 rings (SSSR count). The summed E-state index contributed by atoms with van der Waals surface area (Å²) < 4.78 is 5.18. The van der Waals surface area contributed by atoms with E-state index < -0.39 is 5.97 Å². The Labute approximate surface area is 141 Å². The molecule has 124 valence electrons. The quantitative estimate of drug-likeness (QED) is 0.736. The van der Waals surface area contributed by atoms with Crippen molar-refractivity contribution in [2.24, 2.45) is 0 Å². The van der Waals surface area contributed by atoms with E-state index in [0.717, 1.165) is 16.7 Å². The van der Waals surface area contributed by atoms with Gasteiger partial charge in [0, 0.05) is 5.39 Å². The standard InChI is InChI=1S/C16H15N3O4S/c1-8-14(16(21)22)24-15(18-8)9(2)17-13(20)7-11-10-5-3-4-6-12(10)23-19-11/h3-6,9H,7H2,1-2H3,(H,17,20)(H,21,22). The van der Waals surface area contributed by atoms with Crippen LogP contribution in [0, 0.1) is 6.92 Å². The Morgan fingerprint density at radius 2 is 2.12 bits per heavy atom. The number of carboxylic acid groups (broad SMARTS) is 1. The first-order chi connectivity index (χ1) is 11.5. The smallest absolute Gasteiger partial charge is 0.347 e. The number of hydrogen-bond donors (Lipinski definition) is 2. The largest absolute Gasteiger partial charge is 0.477 e. The summed E-state index contributed by atoms with van der Waals surface area (Å²) in [5.74, 6) is -1.24. The second-order valence-electron chi connectivity index (χ2n) is 5.36. The van der Waals surface area contributed by atoms with Crippen molar-refractivity contribution in [3.05, 3.63) is 45.5 Å². The Hall–Kier alpha value is -2.74. The lowest BCUT2D eigenvalue weighted by Gasteiger charge is -2.10. The van der Waals surface area contributed by atoms with Crippen molar-refractivity contribution in [3.63, 3.8) is 0 Å². The summed E-state index contributed by atoms with van der Waals surface area (Å²) in [5, 5.41) is 17.2. The van der Waals surface area contributed by atoms with Crippen LogP contribution < -0.4 is 5.32 Å².